The Morgan fingerprint density at radius 3 is 2.46 bits per heavy atom. The van der Waals surface area contributed by atoms with Crippen LogP contribution in [0.5, 0.6) is 0 Å². The van der Waals surface area contributed by atoms with Crippen molar-refractivity contribution < 1.29 is 8.42 Å². The SMILES string of the molecule is CN=C(NCCCS(=O)(=O)Cc1ccccc1)NCCc1ccccn1. The van der Waals surface area contributed by atoms with Gasteiger partial charge in [-0.15, -0.1) is 0 Å². The molecule has 0 aliphatic heterocycles. The second-order valence-corrected chi connectivity index (χ2v) is 8.11. The number of nitrogens with one attached hydrogen (secondary N) is 2. The Morgan fingerprint density at radius 1 is 1.04 bits per heavy atom. The molecule has 0 fully saturated rings. The van der Waals surface area contributed by atoms with Crippen LogP contribution in [0.15, 0.2) is 59.7 Å². The lowest BCUT2D eigenvalue weighted by Crippen LogP contribution is -2.39. The number of hydrogen-bond donors (Lipinski definition) is 2. The standard InChI is InChI=1S/C19H26N4O2S/c1-20-19(23-14-11-18-10-5-6-12-21-18)22-13-7-15-26(24,25)16-17-8-3-2-4-9-17/h2-6,8-10,12H,7,11,13-16H2,1H3,(H2,20,22,23). The number of nitrogens with zero attached hydrogens (tertiary/aromatic N) is 2. The van der Waals surface area contributed by atoms with Crippen LogP contribution in [0, 0.1) is 0 Å². The van der Waals surface area contributed by atoms with Crippen molar-refractivity contribution in [2.45, 2.75) is 18.6 Å². The maximum Gasteiger partial charge on any atom is 0.190 e. The van der Waals surface area contributed by atoms with Crippen LogP contribution in [-0.2, 0) is 22.0 Å². The first-order valence-corrected chi connectivity index (χ1v) is 10.5. The molecule has 2 aromatic rings. The van der Waals surface area contributed by atoms with Gasteiger partial charge >= 0.3 is 0 Å². The van der Waals surface area contributed by atoms with E-state index < -0.39 is 9.84 Å². The largest absolute Gasteiger partial charge is 0.356 e. The minimum absolute atomic E-state index is 0.0882. The Kier molecular flexibility index (Phi) is 8.08. The summed E-state index contributed by atoms with van der Waals surface area (Å²) in [5.41, 5.74) is 1.84. The van der Waals surface area contributed by atoms with Crippen LogP contribution < -0.4 is 10.6 Å². The molecule has 0 saturated heterocycles. The second-order valence-electron chi connectivity index (χ2n) is 5.93. The summed E-state index contributed by atoms with van der Waals surface area (Å²) in [6, 6.07) is 15.1. The molecule has 0 amide bonds. The van der Waals surface area contributed by atoms with Gasteiger partial charge in [0, 0.05) is 38.4 Å². The van der Waals surface area contributed by atoms with Crippen molar-refractivity contribution in [3.63, 3.8) is 0 Å². The minimum Gasteiger partial charge on any atom is -0.356 e. The number of aromatic nitrogens is 1. The molecule has 6 nitrogen and oxygen atoms in total. The molecule has 1 aromatic heterocycles. The fourth-order valence-corrected chi connectivity index (χ4v) is 3.90. The zero-order valence-electron chi connectivity index (χ0n) is 15.1. The number of aliphatic imine (C=N–C) groups is 1. The molecule has 26 heavy (non-hydrogen) atoms. The Bertz CT molecular complexity index is 778. The molecule has 2 N–H and O–H groups in total. The topological polar surface area (TPSA) is 83.5 Å². The number of sulfone groups is 1. The van der Waals surface area contributed by atoms with Crippen LogP contribution in [0.2, 0.25) is 0 Å². The van der Waals surface area contributed by atoms with E-state index in [1.54, 1.807) is 13.2 Å². The summed E-state index contributed by atoms with van der Waals surface area (Å²) in [4.78, 5) is 8.42. The Labute approximate surface area is 155 Å². The highest BCUT2D eigenvalue weighted by Gasteiger charge is 2.11. The van der Waals surface area contributed by atoms with Gasteiger partial charge in [0.05, 0.1) is 11.5 Å². The quantitative estimate of drug-likeness (QED) is 0.397. The molecule has 0 radical (unpaired) electrons. The molecule has 0 saturated carbocycles. The van der Waals surface area contributed by atoms with Crippen molar-refractivity contribution in [2.75, 3.05) is 25.9 Å². The summed E-state index contributed by atoms with van der Waals surface area (Å²) in [5, 5.41) is 6.35. The summed E-state index contributed by atoms with van der Waals surface area (Å²) in [5.74, 6) is 0.909. The number of benzene rings is 1. The predicted molar refractivity (Wildman–Crippen MR) is 106 cm³/mol. The normalized spacial score (nSPS) is 12.0. The van der Waals surface area contributed by atoms with Crippen LogP contribution in [0.1, 0.15) is 17.7 Å². The zero-order chi connectivity index (χ0) is 18.7. The molecule has 0 unspecified atom stereocenters. The second kappa shape index (κ2) is 10.6. The smallest absolute Gasteiger partial charge is 0.190 e. The highest BCUT2D eigenvalue weighted by Crippen LogP contribution is 2.06. The lowest BCUT2D eigenvalue weighted by Gasteiger charge is -2.12. The fourth-order valence-electron chi connectivity index (χ4n) is 2.47. The minimum atomic E-state index is -3.10. The van der Waals surface area contributed by atoms with E-state index in [0.29, 0.717) is 25.5 Å². The van der Waals surface area contributed by atoms with E-state index in [4.69, 9.17) is 0 Å². The summed E-state index contributed by atoms with van der Waals surface area (Å²) < 4.78 is 24.3. The average molecular weight is 375 g/mol. The molecule has 140 valence electrons. The van der Waals surface area contributed by atoms with Gasteiger partial charge in [-0.2, -0.15) is 0 Å². The van der Waals surface area contributed by atoms with Crippen LogP contribution in [0.4, 0.5) is 0 Å². The Balaban J connectivity index is 1.65. The van der Waals surface area contributed by atoms with Crippen LogP contribution in [0.25, 0.3) is 0 Å². The fraction of sp³-hybridized carbons (Fsp3) is 0.368. The van der Waals surface area contributed by atoms with E-state index in [9.17, 15) is 8.42 Å². The van der Waals surface area contributed by atoms with Gasteiger partial charge in [-0.1, -0.05) is 36.4 Å². The first-order chi connectivity index (χ1) is 12.6. The van der Waals surface area contributed by atoms with E-state index in [2.05, 4.69) is 20.6 Å². The average Bonchev–Trinajstić information content (AvgIpc) is 2.65. The van der Waals surface area contributed by atoms with Gasteiger partial charge in [0.1, 0.15) is 0 Å². The van der Waals surface area contributed by atoms with Crippen LogP contribution in [-0.4, -0.2) is 45.3 Å². The van der Waals surface area contributed by atoms with Gasteiger partial charge in [0.2, 0.25) is 0 Å². The molecule has 0 aliphatic carbocycles. The van der Waals surface area contributed by atoms with Crippen molar-refractivity contribution in [1.82, 2.24) is 15.6 Å². The van der Waals surface area contributed by atoms with Gasteiger partial charge in [-0.3, -0.25) is 9.98 Å². The van der Waals surface area contributed by atoms with E-state index in [1.165, 1.54) is 0 Å². The van der Waals surface area contributed by atoms with Gasteiger partial charge in [0.25, 0.3) is 0 Å². The van der Waals surface area contributed by atoms with E-state index in [-0.39, 0.29) is 11.5 Å². The molecular formula is C19H26N4O2S. The number of guanidine groups is 1. The zero-order valence-corrected chi connectivity index (χ0v) is 15.9. The Morgan fingerprint density at radius 2 is 1.77 bits per heavy atom. The molecule has 1 aromatic carbocycles. The third-order valence-corrected chi connectivity index (χ3v) is 5.46. The van der Waals surface area contributed by atoms with Crippen LogP contribution in [0.3, 0.4) is 0 Å². The first-order valence-electron chi connectivity index (χ1n) is 8.68. The lowest BCUT2D eigenvalue weighted by atomic mass is 10.2. The van der Waals surface area contributed by atoms with E-state index in [0.717, 1.165) is 17.7 Å². The van der Waals surface area contributed by atoms with E-state index >= 15 is 0 Å². The summed E-state index contributed by atoms with van der Waals surface area (Å²) in [7, 11) is -1.40. The number of rotatable bonds is 9. The van der Waals surface area contributed by atoms with Gasteiger partial charge in [0.15, 0.2) is 15.8 Å². The van der Waals surface area contributed by atoms with Gasteiger partial charge in [-0.25, -0.2) is 8.42 Å². The van der Waals surface area contributed by atoms with Gasteiger partial charge in [-0.05, 0) is 24.1 Å². The van der Waals surface area contributed by atoms with Crippen molar-refractivity contribution in [3.05, 3.63) is 66.0 Å². The first kappa shape index (κ1) is 19.9. The highest BCUT2D eigenvalue weighted by molar-refractivity contribution is 7.90. The lowest BCUT2D eigenvalue weighted by molar-refractivity contribution is 0.591. The maximum atomic E-state index is 12.2. The van der Waals surface area contributed by atoms with E-state index in [1.807, 2.05) is 48.5 Å². The summed E-state index contributed by atoms with van der Waals surface area (Å²) in [6.07, 6.45) is 3.11. The molecule has 0 spiro atoms. The number of hydrogen-bond acceptors (Lipinski definition) is 4. The molecule has 0 bridgehead atoms. The third-order valence-electron chi connectivity index (χ3n) is 3.78. The molecule has 7 heteroatoms. The molecular weight excluding hydrogens is 348 g/mol. The van der Waals surface area contributed by atoms with Crippen molar-refractivity contribution in [3.8, 4) is 0 Å². The van der Waals surface area contributed by atoms with Crippen LogP contribution >= 0.6 is 0 Å². The monoisotopic (exact) mass is 374 g/mol. The molecule has 2 rings (SSSR count). The van der Waals surface area contributed by atoms with Crippen molar-refractivity contribution in [1.29, 1.82) is 0 Å². The third kappa shape index (κ3) is 7.65. The van der Waals surface area contributed by atoms with Crippen molar-refractivity contribution in [2.24, 2.45) is 4.99 Å². The molecule has 0 atom stereocenters. The summed E-state index contributed by atoms with van der Waals surface area (Å²) in [6.45, 7) is 1.26. The number of pyridine rings is 1. The Hall–Kier alpha value is -2.41. The predicted octanol–water partition coefficient (Wildman–Crippen LogP) is 1.79. The maximum absolute atomic E-state index is 12.2. The van der Waals surface area contributed by atoms with Crippen molar-refractivity contribution >= 4 is 15.8 Å². The molecule has 0 aliphatic rings. The summed E-state index contributed by atoms with van der Waals surface area (Å²) >= 11 is 0. The highest BCUT2D eigenvalue weighted by atomic mass is 32.2. The van der Waals surface area contributed by atoms with Gasteiger partial charge < -0.3 is 10.6 Å². The molecule has 1 heterocycles.